The predicted molar refractivity (Wildman–Crippen MR) is 71.2 cm³/mol. The van der Waals surface area contributed by atoms with E-state index in [2.05, 4.69) is 25.2 Å². The number of aryl methyl sites for hydroxylation is 1. The minimum Gasteiger partial charge on any atom is -0.508 e. The first-order valence-corrected chi connectivity index (χ1v) is 6.67. The fourth-order valence-electron chi connectivity index (χ4n) is 2.57. The summed E-state index contributed by atoms with van der Waals surface area (Å²) >= 11 is 0. The van der Waals surface area contributed by atoms with Gasteiger partial charge >= 0.3 is 0 Å². The molecule has 1 fully saturated rings. The molecular weight excluding hydrogens is 210 g/mol. The van der Waals surface area contributed by atoms with Crippen molar-refractivity contribution in [2.24, 2.45) is 5.92 Å². The van der Waals surface area contributed by atoms with Crippen molar-refractivity contribution in [3.05, 3.63) is 29.3 Å². The molecule has 2 heteroatoms. The molecule has 1 aromatic rings. The predicted octanol–water partition coefficient (Wildman–Crippen LogP) is 3.54. The maximum atomic E-state index is 9.92. The van der Waals surface area contributed by atoms with Gasteiger partial charge in [-0.25, -0.2) is 0 Å². The Morgan fingerprint density at radius 2 is 2.24 bits per heavy atom. The van der Waals surface area contributed by atoms with Crippen LogP contribution in [0.15, 0.2) is 18.2 Å². The van der Waals surface area contributed by atoms with Gasteiger partial charge in [0, 0.05) is 17.6 Å². The van der Waals surface area contributed by atoms with Gasteiger partial charge in [0.05, 0.1) is 0 Å². The molecule has 2 nitrogen and oxygen atoms in total. The van der Waals surface area contributed by atoms with Crippen LogP contribution in [0.25, 0.3) is 0 Å². The number of hydrogen-bond acceptors (Lipinski definition) is 2. The van der Waals surface area contributed by atoms with E-state index in [0.29, 0.717) is 11.8 Å². The van der Waals surface area contributed by atoms with Gasteiger partial charge in [-0.3, -0.25) is 0 Å². The lowest BCUT2D eigenvalue weighted by atomic mass is 10.0. The number of benzene rings is 1. The van der Waals surface area contributed by atoms with Gasteiger partial charge in [-0.05, 0) is 44.2 Å². The second-order valence-corrected chi connectivity index (χ2v) is 5.34. The van der Waals surface area contributed by atoms with Gasteiger partial charge in [-0.2, -0.15) is 0 Å². The number of nitrogens with one attached hydrogen (secondary N) is 1. The summed E-state index contributed by atoms with van der Waals surface area (Å²) in [6.45, 7) is 6.37. The quantitative estimate of drug-likeness (QED) is 0.815. The Morgan fingerprint density at radius 1 is 1.47 bits per heavy atom. The van der Waals surface area contributed by atoms with E-state index < -0.39 is 0 Å². The Bertz CT molecular complexity index is 389. The molecule has 17 heavy (non-hydrogen) atoms. The van der Waals surface area contributed by atoms with Gasteiger partial charge in [0.25, 0.3) is 0 Å². The lowest BCUT2D eigenvalue weighted by Gasteiger charge is -2.16. The molecule has 1 saturated carbocycles. The highest BCUT2D eigenvalue weighted by Crippen LogP contribution is 2.37. The highest BCUT2D eigenvalue weighted by molar-refractivity contribution is 5.37. The summed E-state index contributed by atoms with van der Waals surface area (Å²) in [6, 6.07) is 6.82. The van der Waals surface area contributed by atoms with Crippen molar-refractivity contribution in [1.29, 1.82) is 0 Å². The summed E-state index contributed by atoms with van der Waals surface area (Å²) in [6.07, 6.45) is 3.89. The number of hydrogen-bond donors (Lipinski definition) is 2. The van der Waals surface area contributed by atoms with E-state index >= 15 is 0 Å². The van der Waals surface area contributed by atoms with Crippen LogP contribution in [-0.2, 0) is 0 Å². The van der Waals surface area contributed by atoms with Crippen LogP contribution in [0.2, 0.25) is 0 Å². The average Bonchev–Trinajstić information content (AvgIpc) is 2.96. The third-order valence-electron chi connectivity index (χ3n) is 3.70. The third-order valence-corrected chi connectivity index (χ3v) is 3.70. The summed E-state index contributed by atoms with van der Waals surface area (Å²) in [7, 11) is 0. The molecule has 0 radical (unpaired) electrons. The van der Waals surface area contributed by atoms with Crippen molar-refractivity contribution >= 4 is 0 Å². The summed E-state index contributed by atoms with van der Waals surface area (Å²) in [5, 5.41) is 13.5. The second kappa shape index (κ2) is 5.09. The molecule has 0 bridgehead atoms. The van der Waals surface area contributed by atoms with E-state index in [-0.39, 0.29) is 6.04 Å². The minimum absolute atomic E-state index is 0.238. The van der Waals surface area contributed by atoms with Crippen LogP contribution < -0.4 is 5.32 Å². The molecule has 3 unspecified atom stereocenters. The Balaban J connectivity index is 1.94. The van der Waals surface area contributed by atoms with Crippen LogP contribution in [0.3, 0.4) is 0 Å². The smallest absolute Gasteiger partial charge is 0.120 e. The summed E-state index contributed by atoms with van der Waals surface area (Å²) in [5.41, 5.74) is 2.12. The molecule has 1 aliphatic rings. The molecule has 0 aromatic heterocycles. The summed E-state index contributed by atoms with van der Waals surface area (Å²) in [4.78, 5) is 0. The zero-order valence-corrected chi connectivity index (χ0v) is 11.0. The van der Waals surface area contributed by atoms with Gasteiger partial charge in [0.1, 0.15) is 5.75 Å². The van der Waals surface area contributed by atoms with Crippen LogP contribution in [0, 0.1) is 12.8 Å². The lowest BCUT2D eigenvalue weighted by molar-refractivity contribution is 0.448. The van der Waals surface area contributed by atoms with Crippen LogP contribution >= 0.6 is 0 Å². The average molecular weight is 233 g/mol. The van der Waals surface area contributed by atoms with Crippen LogP contribution in [0.1, 0.15) is 50.3 Å². The first-order chi connectivity index (χ1) is 8.11. The summed E-state index contributed by atoms with van der Waals surface area (Å²) in [5.74, 6) is 1.27. The van der Waals surface area contributed by atoms with Crippen molar-refractivity contribution < 1.29 is 5.11 Å². The fraction of sp³-hybridized carbons (Fsp3) is 0.600. The molecule has 2 N–H and O–H groups in total. The molecule has 0 heterocycles. The maximum Gasteiger partial charge on any atom is 0.120 e. The number of phenolic OH excluding ortho intramolecular Hbond substituents is 1. The topological polar surface area (TPSA) is 32.3 Å². The first kappa shape index (κ1) is 12.4. The third kappa shape index (κ3) is 3.01. The fourth-order valence-corrected chi connectivity index (χ4v) is 2.57. The van der Waals surface area contributed by atoms with Gasteiger partial charge < -0.3 is 10.4 Å². The Kier molecular flexibility index (Phi) is 3.72. The van der Waals surface area contributed by atoms with Crippen molar-refractivity contribution in [2.45, 2.75) is 52.1 Å². The first-order valence-electron chi connectivity index (χ1n) is 6.67. The molecular formula is C15H23NO. The number of aromatic hydroxyl groups is 1. The lowest BCUT2D eigenvalue weighted by Crippen LogP contribution is -2.22. The van der Waals surface area contributed by atoms with Crippen LogP contribution in [0.5, 0.6) is 5.75 Å². The van der Waals surface area contributed by atoms with Crippen molar-refractivity contribution in [3.8, 4) is 5.75 Å². The van der Waals surface area contributed by atoms with E-state index in [1.165, 1.54) is 19.3 Å². The minimum atomic E-state index is 0.238. The van der Waals surface area contributed by atoms with Crippen molar-refractivity contribution in [2.75, 3.05) is 0 Å². The molecule has 2 rings (SSSR count). The van der Waals surface area contributed by atoms with Crippen LogP contribution in [-0.4, -0.2) is 11.1 Å². The molecule has 0 saturated heterocycles. The van der Waals surface area contributed by atoms with E-state index in [0.717, 1.165) is 17.0 Å². The summed E-state index contributed by atoms with van der Waals surface area (Å²) < 4.78 is 0. The Labute approximate surface area is 104 Å². The molecule has 1 aromatic carbocycles. The van der Waals surface area contributed by atoms with E-state index in [1.54, 1.807) is 0 Å². The molecule has 3 atom stereocenters. The molecule has 1 aliphatic carbocycles. The normalized spacial score (nSPS) is 24.6. The van der Waals surface area contributed by atoms with Crippen molar-refractivity contribution in [3.63, 3.8) is 0 Å². The van der Waals surface area contributed by atoms with E-state index in [4.69, 9.17) is 0 Å². The van der Waals surface area contributed by atoms with E-state index in [9.17, 15) is 5.11 Å². The van der Waals surface area contributed by atoms with Crippen LogP contribution in [0.4, 0.5) is 0 Å². The molecule has 0 spiro atoms. The van der Waals surface area contributed by atoms with Gasteiger partial charge in [-0.15, -0.1) is 0 Å². The molecule has 0 aliphatic heterocycles. The zero-order valence-electron chi connectivity index (χ0n) is 11.0. The highest BCUT2D eigenvalue weighted by Gasteiger charge is 2.36. The van der Waals surface area contributed by atoms with Crippen molar-refractivity contribution in [1.82, 2.24) is 5.32 Å². The van der Waals surface area contributed by atoms with Gasteiger partial charge in [-0.1, -0.05) is 25.5 Å². The number of phenols is 1. The maximum absolute atomic E-state index is 9.92. The van der Waals surface area contributed by atoms with Gasteiger partial charge in [0.2, 0.25) is 0 Å². The standard InChI is InChI=1S/C15H23NO/c1-4-5-12-9-14(12)16-11(3)13-7-6-10(2)8-15(13)17/h6-8,11-12,14,16-17H,4-5,9H2,1-3H3. The molecule has 0 amide bonds. The highest BCUT2D eigenvalue weighted by atomic mass is 16.3. The second-order valence-electron chi connectivity index (χ2n) is 5.34. The van der Waals surface area contributed by atoms with E-state index in [1.807, 2.05) is 19.1 Å². The molecule has 94 valence electrons. The monoisotopic (exact) mass is 233 g/mol. The SMILES string of the molecule is CCCC1CC1NC(C)c1ccc(C)cc1O. The number of rotatable bonds is 5. The zero-order chi connectivity index (χ0) is 12.4. The Hall–Kier alpha value is -1.02. The Morgan fingerprint density at radius 3 is 2.88 bits per heavy atom. The van der Waals surface area contributed by atoms with Gasteiger partial charge in [0.15, 0.2) is 0 Å². The largest absolute Gasteiger partial charge is 0.508 e.